The van der Waals surface area contributed by atoms with Crippen molar-refractivity contribution in [2.45, 2.75) is 20.1 Å². The largest absolute Gasteiger partial charge is 0.487 e. The zero-order valence-electron chi connectivity index (χ0n) is 15.9. The molecule has 2 heterocycles. The Balaban J connectivity index is 1.32. The minimum atomic E-state index is -0.161. The Kier molecular flexibility index (Phi) is 5.67. The molecule has 146 valence electrons. The molecule has 2 aromatic carbocycles. The lowest BCUT2D eigenvalue weighted by Crippen LogP contribution is -2.11. The number of hydrogen-bond donors (Lipinski definition) is 1. The number of carbonyl (C=O) groups is 1. The van der Waals surface area contributed by atoms with Crippen LogP contribution in [0.15, 0.2) is 72.4 Å². The number of nitrogens with zero attached hydrogens (tertiary/aromatic N) is 3. The zero-order chi connectivity index (χ0) is 20.1. The molecule has 0 aliphatic carbocycles. The first-order valence-corrected chi connectivity index (χ1v) is 10.1. The Morgan fingerprint density at radius 1 is 1.14 bits per heavy atom. The van der Waals surface area contributed by atoms with E-state index in [0.29, 0.717) is 24.5 Å². The zero-order valence-corrected chi connectivity index (χ0v) is 16.7. The predicted octanol–water partition coefficient (Wildman–Crippen LogP) is 4.53. The molecule has 4 aromatic rings. The lowest BCUT2D eigenvalue weighted by molar-refractivity contribution is 0.102. The molecule has 0 radical (unpaired) electrons. The maximum Gasteiger partial charge on any atom is 0.255 e. The van der Waals surface area contributed by atoms with Crippen LogP contribution in [0.2, 0.25) is 0 Å². The highest BCUT2D eigenvalue weighted by Crippen LogP contribution is 2.17. The maximum absolute atomic E-state index is 12.5. The van der Waals surface area contributed by atoms with Crippen LogP contribution in [0.1, 0.15) is 26.6 Å². The first-order chi connectivity index (χ1) is 14.2. The number of nitrogens with one attached hydrogen (secondary N) is 1. The number of ether oxygens (including phenoxy) is 1. The van der Waals surface area contributed by atoms with Gasteiger partial charge in [0.05, 0.1) is 17.2 Å². The van der Waals surface area contributed by atoms with Crippen molar-refractivity contribution in [2.75, 3.05) is 5.32 Å². The van der Waals surface area contributed by atoms with Crippen molar-refractivity contribution in [1.29, 1.82) is 0 Å². The maximum atomic E-state index is 12.5. The van der Waals surface area contributed by atoms with Gasteiger partial charge in [0.25, 0.3) is 5.91 Å². The number of benzene rings is 2. The van der Waals surface area contributed by atoms with Crippen LogP contribution in [0.25, 0.3) is 0 Å². The lowest BCUT2D eigenvalue weighted by atomic mass is 10.1. The summed E-state index contributed by atoms with van der Waals surface area (Å²) < 4.78 is 7.57. The molecular formula is C22H20N4O2S. The van der Waals surface area contributed by atoms with Gasteiger partial charge in [0.1, 0.15) is 12.4 Å². The van der Waals surface area contributed by atoms with Gasteiger partial charge in [-0.3, -0.25) is 9.48 Å². The third kappa shape index (κ3) is 5.08. The third-order valence-electron chi connectivity index (χ3n) is 4.29. The second-order valence-electron chi connectivity index (χ2n) is 6.53. The summed E-state index contributed by atoms with van der Waals surface area (Å²) in [6, 6.07) is 16.7. The summed E-state index contributed by atoms with van der Waals surface area (Å²) in [7, 11) is 0. The van der Waals surface area contributed by atoms with E-state index in [0.717, 1.165) is 22.0 Å². The Morgan fingerprint density at radius 2 is 1.93 bits per heavy atom. The second kappa shape index (κ2) is 8.70. The first-order valence-electron chi connectivity index (χ1n) is 9.17. The summed E-state index contributed by atoms with van der Waals surface area (Å²) in [5.74, 6) is 0.543. The fourth-order valence-electron chi connectivity index (χ4n) is 2.81. The van der Waals surface area contributed by atoms with Crippen molar-refractivity contribution >= 4 is 22.9 Å². The highest BCUT2D eigenvalue weighted by atomic mass is 32.1. The SMILES string of the molecule is Cc1nc(COc2ccc(C(=O)Nc3ccc(Cn4cccn4)cc3)cc2)cs1. The van der Waals surface area contributed by atoms with Crippen molar-refractivity contribution in [3.8, 4) is 5.75 Å². The van der Waals surface area contributed by atoms with Gasteiger partial charge in [-0.25, -0.2) is 4.98 Å². The average molecular weight is 404 g/mol. The Labute approximate surface area is 172 Å². The molecule has 2 aromatic heterocycles. The molecule has 7 heteroatoms. The number of aryl methyl sites for hydroxylation is 1. The highest BCUT2D eigenvalue weighted by molar-refractivity contribution is 7.09. The molecule has 0 saturated carbocycles. The van der Waals surface area contributed by atoms with Crippen LogP contribution in [0.5, 0.6) is 5.75 Å². The smallest absolute Gasteiger partial charge is 0.255 e. The molecule has 0 fully saturated rings. The van der Waals surface area contributed by atoms with Gasteiger partial charge in [0.15, 0.2) is 0 Å². The van der Waals surface area contributed by atoms with E-state index in [2.05, 4.69) is 15.4 Å². The Morgan fingerprint density at radius 3 is 2.59 bits per heavy atom. The number of aromatic nitrogens is 3. The van der Waals surface area contributed by atoms with E-state index in [4.69, 9.17) is 4.74 Å². The summed E-state index contributed by atoms with van der Waals surface area (Å²) in [6.07, 6.45) is 3.67. The summed E-state index contributed by atoms with van der Waals surface area (Å²) in [4.78, 5) is 16.8. The molecule has 0 saturated heterocycles. The van der Waals surface area contributed by atoms with E-state index in [1.165, 1.54) is 0 Å². The summed E-state index contributed by atoms with van der Waals surface area (Å²) in [5, 5.41) is 10.1. The van der Waals surface area contributed by atoms with Crippen LogP contribution in [-0.2, 0) is 13.2 Å². The van der Waals surface area contributed by atoms with Gasteiger partial charge in [-0.15, -0.1) is 11.3 Å². The van der Waals surface area contributed by atoms with Crippen LogP contribution >= 0.6 is 11.3 Å². The summed E-state index contributed by atoms with van der Waals surface area (Å²) >= 11 is 1.60. The van der Waals surface area contributed by atoms with Gasteiger partial charge in [-0.2, -0.15) is 5.10 Å². The van der Waals surface area contributed by atoms with E-state index >= 15 is 0 Å². The number of hydrogen-bond acceptors (Lipinski definition) is 5. The topological polar surface area (TPSA) is 69.0 Å². The monoisotopic (exact) mass is 404 g/mol. The first kappa shape index (κ1) is 18.9. The average Bonchev–Trinajstić information content (AvgIpc) is 3.40. The van der Waals surface area contributed by atoms with Crippen molar-refractivity contribution < 1.29 is 9.53 Å². The van der Waals surface area contributed by atoms with Gasteiger partial charge in [-0.1, -0.05) is 12.1 Å². The molecule has 4 rings (SSSR count). The molecule has 0 unspecified atom stereocenters. The molecule has 0 spiro atoms. The van der Waals surface area contributed by atoms with E-state index in [1.54, 1.807) is 41.8 Å². The fourth-order valence-corrected chi connectivity index (χ4v) is 3.41. The van der Waals surface area contributed by atoms with Crippen LogP contribution in [-0.4, -0.2) is 20.7 Å². The Bertz CT molecular complexity index is 1070. The van der Waals surface area contributed by atoms with Crippen LogP contribution in [0.4, 0.5) is 5.69 Å². The summed E-state index contributed by atoms with van der Waals surface area (Å²) in [5.41, 5.74) is 3.34. The highest BCUT2D eigenvalue weighted by Gasteiger charge is 2.07. The molecular weight excluding hydrogens is 384 g/mol. The van der Waals surface area contributed by atoms with E-state index in [-0.39, 0.29) is 5.91 Å². The number of thiazole rings is 1. The van der Waals surface area contributed by atoms with Gasteiger partial charge in [0, 0.05) is 29.0 Å². The standard InChI is InChI=1S/C22H20N4O2S/c1-16-24-20(15-29-16)14-28-21-9-5-18(6-10-21)22(27)25-19-7-3-17(4-8-19)13-26-12-2-11-23-26/h2-12,15H,13-14H2,1H3,(H,25,27). The van der Waals surface area contributed by atoms with Crippen LogP contribution in [0, 0.1) is 6.92 Å². The lowest BCUT2D eigenvalue weighted by Gasteiger charge is -2.08. The quantitative estimate of drug-likeness (QED) is 0.491. The summed E-state index contributed by atoms with van der Waals surface area (Å²) in [6.45, 7) is 3.08. The molecule has 6 nitrogen and oxygen atoms in total. The number of amides is 1. The van der Waals surface area contributed by atoms with Gasteiger partial charge < -0.3 is 10.1 Å². The van der Waals surface area contributed by atoms with E-state index in [1.807, 2.05) is 53.5 Å². The fraction of sp³-hybridized carbons (Fsp3) is 0.136. The normalized spacial score (nSPS) is 10.7. The van der Waals surface area contributed by atoms with Gasteiger partial charge in [0.2, 0.25) is 0 Å². The number of carbonyl (C=O) groups excluding carboxylic acids is 1. The van der Waals surface area contributed by atoms with Crippen LogP contribution < -0.4 is 10.1 Å². The van der Waals surface area contributed by atoms with Crippen LogP contribution in [0.3, 0.4) is 0 Å². The van der Waals surface area contributed by atoms with Crippen molar-refractivity contribution in [3.63, 3.8) is 0 Å². The van der Waals surface area contributed by atoms with E-state index in [9.17, 15) is 4.79 Å². The molecule has 0 bridgehead atoms. The molecule has 0 aliphatic heterocycles. The minimum absolute atomic E-state index is 0.161. The molecule has 1 N–H and O–H groups in total. The van der Waals surface area contributed by atoms with Crippen molar-refractivity contribution in [2.24, 2.45) is 0 Å². The van der Waals surface area contributed by atoms with Crippen molar-refractivity contribution in [3.05, 3.63) is 94.2 Å². The van der Waals surface area contributed by atoms with Gasteiger partial charge in [-0.05, 0) is 55.0 Å². The van der Waals surface area contributed by atoms with Crippen molar-refractivity contribution in [1.82, 2.24) is 14.8 Å². The van der Waals surface area contributed by atoms with Gasteiger partial charge >= 0.3 is 0 Å². The van der Waals surface area contributed by atoms with E-state index < -0.39 is 0 Å². The number of rotatable bonds is 7. The minimum Gasteiger partial charge on any atom is -0.487 e. The predicted molar refractivity (Wildman–Crippen MR) is 113 cm³/mol. The molecule has 1 amide bonds. The Hall–Kier alpha value is -3.45. The molecule has 29 heavy (non-hydrogen) atoms. The number of anilines is 1. The molecule has 0 atom stereocenters. The third-order valence-corrected chi connectivity index (χ3v) is 5.11. The molecule has 0 aliphatic rings. The second-order valence-corrected chi connectivity index (χ2v) is 7.59.